The minimum Gasteiger partial charge on any atom is -0.403 e. The zero-order valence-electron chi connectivity index (χ0n) is 7.11. The van der Waals surface area contributed by atoms with E-state index >= 15 is 0 Å². The Hall–Kier alpha value is -0.0900. The largest absolute Gasteiger partial charge is 0.573 e. The van der Waals surface area contributed by atoms with E-state index in [1.54, 1.807) is 22.6 Å². The molecule has 1 aromatic heterocycles. The molecule has 15 heavy (non-hydrogen) atoms. The lowest BCUT2D eigenvalue weighted by Gasteiger charge is -2.13. The highest BCUT2D eigenvalue weighted by Crippen LogP contribution is 2.35. The molecule has 1 aromatic rings. The molecule has 0 amide bonds. The molecule has 0 atom stereocenters. The first-order valence-electron chi connectivity index (χ1n) is 3.64. The maximum atomic E-state index is 12.0. The average molecular weight is 397 g/mol. The Morgan fingerprint density at radius 2 is 2.13 bits per heavy atom. The van der Waals surface area contributed by atoms with E-state index in [0.717, 1.165) is 0 Å². The van der Waals surface area contributed by atoms with Crippen LogP contribution in [0.5, 0.6) is 5.75 Å². The van der Waals surface area contributed by atoms with Gasteiger partial charge in [-0.15, -0.1) is 13.2 Å². The van der Waals surface area contributed by atoms with Gasteiger partial charge in [-0.3, -0.25) is 4.98 Å². The lowest BCUT2D eigenvalue weighted by molar-refractivity contribution is -0.275. The number of pyridine rings is 1. The highest BCUT2D eigenvalue weighted by molar-refractivity contribution is 14.1. The molecule has 8 heteroatoms. The summed E-state index contributed by atoms with van der Waals surface area (Å²) in [5, 5.41) is 0. The number of aromatic nitrogens is 1. The molecule has 0 radical (unpaired) electrons. The summed E-state index contributed by atoms with van der Waals surface area (Å²) in [6.45, 7) is 0.0335. The molecule has 0 aliphatic heterocycles. The van der Waals surface area contributed by atoms with E-state index in [1.807, 2.05) is 0 Å². The fourth-order valence-corrected chi connectivity index (χ4v) is 2.29. The van der Waals surface area contributed by atoms with Crippen LogP contribution in [0.4, 0.5) is 13.2 Å². The van der Waals surface area contributed by atoms with Crippen LogP contribution in [0.2, 0.25) is 0 Å². The number of hydrogen-bond donors (Lipinski definition) is 1. The van der Waals surface area contributed by atoms with Crippen LogP contribution in [-0.4, -0.2) is 11.3 Å². The van der Waals surface area contributed by atoms with Gasteiger partial charge in [0.25, 0.3) is 0 Å². The normalized spacial score (nSPS) is 11.6. The van der Waals surface area contributed by atoms with E-state index in [2.05, 4.69) is 25.7 Å². The molecule has 0 bridgehead atoms. The predicted molar refractivity (Wildman–Crippen MR) is 59.2 cm³/mol. The molecule has 1 heterocycles. The quantitative estimate of drug-likeness (QED) is 0.782. The molecule has 0 fully saturated rings. The van der Waals surface area contributed by atoms with Crippen LogP contribution in [0.3, 0.4) is 0 Å². The van der Waals surface area contributed by atoms with Crippen molar-refractivity contribution in [3.8, 4) is 5.75 Å². The maximum absolute atomic E-state index is 12.0. The van der Waals surface area contributed by atoms with E-state index in [1.165, 1.54) is 6.20 Å². The Kier molecular flexibility index (Phi) is 4.18. The number of rotatable bonds is 2. The van der Waals surface area contributed by atoms with E-state index in [-0.39, 0.29) is 20.3 Å². The van der Waals surface area contributed by atoms with Gasteiger partial charge in [0.1, 0.15) is 0 Å². The Morgan fingerprint density at radius 3 is 2.60 bits per heavy atom. The molecule has 1 rings (SSSR count). The van der Waals surface area contributed by atoms with Crippen molar-refractivity contribution < 1.29 is 17.9 Å². The molecule has 0 unspecified atom stereocenters. The average Bonchev–Trinajstić information content (AvgIpc) is 2.11. The van der Waals surface area contributed by atoms with Crippen molar-refractivity contribution in [2.45, 2.75) is 12.9 Å². The number of nitrogens with zero attached hydrogens (tertiary/aromatic N) is 1. The van der Waals surface area contributed by atoms with E-state index in [4.69, 9.17) is 5.73 Å². The van der Waals surface area contributed by atoms with Gasteiger partial charge in [-0.2, -0.15) is 0 Å². The van der Waals surface area contributed by atoms with Gasteiger partial charge in [-0.1, -0.05) is 0 Å². The first-order valence-corrected chi connectivity index (χ1v) is 5.51. The number of nitrogens with two attached hydrogens (primary N) is 1. The van der Waals surface area contributed by atoms with Gasteiger partial charge in [-0.05, 0) is 38.5 Å². The molecule has 0 spiro atoms. The fraction of sp³-hybridized carbons (Fsp3) is 0.286. The Bertz CT molecular complexity index is 372. The van der Waals surface area contributed by atoms with Crippen molar-refractivity contribution in [1.29, 1.82) is 0 Å². The molecule has 0 saturated heterocycles. The minimum absolute atomic E-state index is 0.0335. The van der Waals surface area contributed by atoms with E-state index in [0.29, 0.717) is 5.69 Å². The van der Waals surface area contributed by atoms with Gasteiger partial charge in [0, 0.05) is 12.7 Å². The number of hydrogen-bond acceptors (Lipinski definition) is 3. The van der Waals surface area contributed by atoms with Crippen LogP contribution in [0.25, 0.3) is 0 Å². The summed E-state index contributed by atoms with van der Waals surface area (Å²) in [5.74, 6) is -0.307. The second-order valence-corrected chi connectivity index (χ2v) is 4.40. The number of ether oxygens (including phenoxy) is 1. The van der Waals surface area contributed by atoms with Gasteiger partial charge in [0.2, 0.25) is 0 Å². The Morgan fingerprint density at radius 1 is 1.53 bits per heavy atom. The predicted octanol–water partition coefficient (Wildman–Crippen LogP) is 2.81. The lowest BCUT2D eigenvalue weighted by Crippen LogP contribution is -2.19. The van der Waals surface area contributed by atoms with Gasteiger partial charge in [-0.25, -0.2) is 0 Å². The highest BCUT2D eigenvalue weighted by atomic mass is 127. The summed E-state index contributed by atoms with van der Waals surface area (Å²) in [6.07, 6.45) is -3.45. The third-order valence-corrected chi connectivity index (χ3v) is 3.00. The Labute approximate surface area is 105 Å². The van der Waals surface area contributed by atoms with Crippen LogP contribution < -0.4 is 10.5 Å². The summed E-state index contributed by atoms with van der Waals surface area (Å²) in [4.78, 5) is 3.86. The molecule has 2 N–H and O–H groups in total. The number of alkyl halides is 3. The van der Waals surface area contributed by atoms with E-state index < -0.39 is 6.36 Å². The molecule has 84 valence electrons. The first kappa shape index (κ1) is 13.0. The standard InChI is InChI=1S/C7H5BrF3IN2O/c8-5-4(1-13)14-2-3(12)6(5)15-7(9,10)11/h2H,1,13H2. The monoisotopic (exact) mass is 396 g/mol. The summed E-state index contributed by atoms with van der Waals surface area (Å²) >= 11 is 4.67. The third-order valence-electron chi connectivity index (χ3n) is 1.41. The van der Waals surface area contributed by atoms with Crippen molar-refractivity contribution in [3.05, 3.63) is 19.9 Å². The van der Waals surface area contributed by atoms with Crippen LogP contribution in [0, 0.1) is 3.57 Å². The fourth-order valence-electron chi connectivity index (χ4n) is 0.837. The molecule has 0 aliphatic carbocycles. The summed E-state index contributed by atoms with van der Waals surface area (Å²) < 4.78 is 40.4. The Balaban J connectivity index is 3.15. The van der Waals surface area contributed by atoms with Crippen molar-refractivity contribution >= 4 is 38.5 Å². The van der Waals surface area contributed by atoms with Crippen molar-refractivity contribution in [3.63, 3.8) is 0 Å². The molecular weight excluding hydrogens is 392 g/mol. The van der Waals surface area contributed by atoms with Gasteiger partial charge in [0.15, 0.2) is 5.75 Å². The molecule has 0 aliphatic rings. The molecule has 0 aromatic carbocycles. The highest BCUT2D eigenvalue weighted by Gasteiger charge is 2.33. The number of halogens is 5. The van der Waals surface area contributed by atoms with Gasteiger partial charge < -0.3 is 10.5 Å². The zero-order valence-corrected chi connectivity index (χ0v) is 10.9. The van der Waals surface area contributed by atoms with Crippen LogP contribution in [0.15, 0.2) is 10.7 Å². The second-order valence-electron chi connectivity index (χ2n) is 2.45. The van der Waals surface area contributed by atoms with Crippen LogP contribution >= 0.6 is 38.5 Å². The SMILES string of the molecule is NCc1ncc(I)c(OC(F)(F)F)c1Br. The van der Waals surface area contributed by atoms with Crippen molar-refractivity contribution in [2.24, 2.45) is 5.73 Å². The van der Waals surface area contributed by atoms with Crippen molar-refractivity contribution in [1.82, 2.24) is 4.98 Å². The molecule has 3 nitrogen and oxygen atoms in total. The maximum Gasteiger partial charge on any atom is 0.573 e. The van der Waals surface area contributed by atoms with Crippen molar-refractivity contribution in [2.75, 3.05) is 0 Å². The zero-order chi connectivity index (χ0) is 11.6. The summed E-state index contributed by atoms with van der Waals surface area (Å²) in [7, 11) is 0. The third kappa shape index (κ3) is 3.45. The topological polar surface area (TPSA) is 48.1 Å². The minimum atomic E-state index is -4.73. The summed E-state index contributed by atoms with van der Waals surface area (Å²) in [5.41, 5.74) is 5.62. The molecule has 0 saturated carbocycles. The van der Waals surface area contributed by atoms with E-state index in [9.17, 15) is 13.2 Å². The van der Waals surface area contributed by atoms with Crippen LogP contribution in [-0.2, 0) is 6.54 Å². The molecular formula is C7H5BrF3IN2O. The smallest absolute Gasteiger partial charge is 0.403 e. The second kappa shape index (κ2) is 4.83. The van der Waals surface area contributed by atoms with Gasteiger partial charge >= 0.3 is 6.36 Å². The lowest BCUT2D eigenvalue weighted by atomic mass is 10.3. The van der Waals surface area contributed by atoms with Gasteiger partial charge in [0.05, 0.1) is 13.7 Å². The van der Waals surface area contributed by atoms with Crippen LogP contribution in [0.1, 0.15) is 5.69 Å². The first-order chi connectivity index (χ1) is 6.85. The summed E-state index contributed by atoms with van der Waals surface area (Å²) in [6, 6.07) is 0.